The van der Waals surface area contributed by atoms with Crippen LogP contribution in [0.3, 0.4) is 0 Å². The van der Waals surface area contributed by atoms with Crippen LogP contribution in [0, 0.1) is 6.92 Å². The maximum absolute atomic E-state index is 12.4. The normalized spacial score (nSPS) is 11.4. The molecule has 6 nitrogen and oxygen atoms in total. The van der Waals surface area contributed by atoms with Crippen LogP contribution in [0.4, 0.5) is 0 Å². The van der Waals surface area contributed by atoms with Crippen LogP contribution < -0.4 is 5.56 Å². The van der Waals surface area contributed by atoms with E-state index < -0.39 is 21.1 Å². The number of carbonyl (C=O) groups is 1. The number of benzene rings is 1. The van der Waals surface area contributed by atoms with Gasteiger partial charge in [0.05, 0.1) is 23.6 Å². The Morgan fingerprint density at radius 1 is 1.17 bits per heavy atom. The molecule has 0 spiro atoms. The molecule has 0 amide bonds. The predicted molar refractivity (Wildman–Crippen MR) is 86.7 cm³/mol. The van der Waals surface area contributed by atoms with Gasteiger partial charge in [-0.15, -0.1) is 0 Å². The standard InChI is InChI=1S/C16H18N2O4S/c1-12(19)9-18-13(2)17-8-15(16(18)20)11-23(21,22)10-14-6-4-3-5-7-14/h3-8H,9-11H2,1-2H3. The summed E-state index contributed by atoms with van der Waals surface area (Å²) < 4.78 is 25.8. The Bertz CT molecular complexity index is 871. The Hall–Kier alpha value is -2.28. The van der Waals surface area contributed by atoms with Crippen molar-refractivity contribution in [2.45, 2.75) is 31.9 Å². The van der Waals surface area contributed by atoms with E-state index in [1.54, 1.807) is 37.3 Å². The summed E-state index contributed by atoms with van der Waals surface area (Å²) >= 11 is 0. The van der Waals surface area contributed by atoms with Crippen molar-refractivity contribution in [1.29, 1.82) is 0 Å². The summed E-state index contributed by atoms with van der Waals surface area (Å²) in [7, 11) is -3.51. The number of ketones is 1. The molecule has 0 bridgehead atoms. The first-order valence-corrected chi connectivity index (χ1v) is 8.90. The Kier molecular flexibility index (Phi) is 5.10. The third-order valence-corrected chi connectivity index (χ3v) is 4.83. The van der Waals surface area contributed by atoms with Gasteiger partial charge in [-0.3, -0.25) is 14.2 Å². The van der Waals surface area contributed by atoms with Crippen molar-refractivity contribution in [3.8, 4) is 0 Å². The summed E-state index contributed by atoms with van der Waals surface area (Å²) in [6, 6.07) is 8.77. The van der Waals surface area contributed by atoms with Crippen molar-refractivity contribution < 1.29 is 13.2 Å². The summed E-state index contributed by atoms with van der Waals surface area (Å²) in [6.07, 6.45) is 1.27. The minimum atomic E-state index is -3.51. The van der Waals surface area contributed by atoms with E-state index in [-0.39, 0.29) is 23.6 Å². The molecule has 0 aliphatic carbocycles. The van der Waals surface area contributed by atoms with Gasteiger partial charge in [0, 0.05) is 6.20 Å². The van der Waals surface area contributed by atoms with Gasteiger partial charge < -0.3 is 0 Å². The van der Waals surface area contributed by atoms with Crippen LogP contribution in [0.5, 0.6) is 0 Å². The SMILES string of the molecule is CC(=O)Cn1c(C)ncc(CS(=O)(=O)Cc2ccccc2)c1=O. The topological polar surface area (TPSA) is 86.1 Å². The summed E-state index contributed by atoms with van der Waals surface area (Å²) in [5.74, 6) is -0.351. The highest BCUT2D eigenvalue weighted by Gasteiger charge is 2.18. The number of hydrogen-bond acceptors (Lipinski definition) is 5. The lowest BCUT2D eigenvalue weighted by Crippen LogP contribution is -2.30. The van der Waals surface area contributed by atoms with E-state index in [2.05, 4.69) is 4.98 Å². The van der Waals surface area contributed by atoms with E-state index in [0.717, 1.165) is 0 Å². The Balaban J connectivity index is 2.29. The zero-order chi connectivity index (χ0) is 17.0. The molecule has 0 aliphatic rings. The maximum Gasteiger partial charge on any atom is 0.258 e. The van der Waals surface area contributed by atoms with Crippen molar-refractivity contribution in [3.63, 3.8) is 0 Å². The summed E-state index contributed by atoms with van der Waals surface area (Å²) in [4.78, 5) is 27.6. The fraction of sp³-hybridized carbons (Fsp3) is 0.312. The van der Waals surface area contributed by atoms with Gasteiger partial charge in [0.15, 0.2) is 9.84 Å². The maximum atomic E-state index is 12.4. The second kappa shape index (κ2) is 6.87. The van der Waals surface area contributed by atoms with Gasteiger partial charge >= 0.3 is 0 Å². The first-order valence-electron chi connectivity index (χ1n) is 7.07. The fourth-order valence-electron chi connectivity index (χ4n) is 2.24. The Morgan fingerprint density at radius 3 is 2.43 bits per heavy atom. The van der Waals surface area contributed by atoms with Crippen molar-refractivity contribution >= 4 is 15.6 Å². The molecule has 0 saturated carbocycles. The quantitative estimate of drug-likeness (QED) is 0.794. The third-order valence-electron chi connectivity index (χ3n) is 3.30. The van der Waals surface area contributed by atoms with Gasteiger partial charge in [0.1, 0.15) is 11.6 Å². The molecular weight excluding hydrogens is 316 g/mol. The van der Waals surface area contributed by atoms with E-state index in [4.69, 9.17) is 0 Å². The predicted octanol–water partition coefficient (Wildman–Crippen LogP) is 1.26. The minimum absolute atomic E-state index is 0.0766. The molecule has 2 aromatic rings. The number of nitrogens with zero attached hydrogens (tertiary/aromatic N) is 2. The van der Waals surface area contributed by atoms with Crippen LogP contribution in [-0.4, -0.2) is 23.8 Å². The molecule has 0 unspecified atom stereocenters. The van der Waals surface area contributed by atoms with Gasteiger partial charge in [-0.25, -0.2) is 13.4 Å². The molecule has 1 aromatic heterocycles. The van der Waals surface area contributed by atoms with E-state index in [0.29, 0.717) is 11.4 Å². The Morgan fingerprint density at radius 2 is 1.83 bits per heavy atom. The lowest BCUT2D eigenvalue weighted by atomic mass is 10.2. The van der Waals surface area contributed by atoms with Gasteiger partial charge in [-0.2, -0.15) is 0 Å². The number of aromatic nitrogens is 2. The van der Waals surface area contributed by atoms with Crippen LogP contribution in [-0.2, 0) is 32.7 Å². The zero-order valence-electron chi connectivity index (χ0n) is 13.0. The largest absolute Gasteiger partial charge is 0.298 e. The van der Waals surface area contributed by atoms with Crippen LogP contribution >= 0.6 is 0 Å². The molecule has 0 radical (unpaired) electrons. The molecule has 1 aromatic carbocycles. The molecule has 0 saturated heterocycles. The monoisotopic (exact) mass is 334 g/mol. The number of carbonyl (C=O) groups excluding carboxylic acids is 1. The molecule has 23 heavy (non-hydrogen) atoms. The molecule has 7 heteroatoms. The van der Waals surface area contributed by atoms with Crippen LogP contribution in [0.25, 0.3) is 0 Å². The smallest absolute Gasteiger partial charge is 0.258 e. The summed E-state index contributed by atoms with van der Waals surface area (Å²) in [5, 5.41) is 0. The molecule has 0 fully saturated rings. The highest BCUT2D eigenvalue weighted by Crippen LogP contribution is 2.10. The average Bonchev–Trinajstić information content (AvgIpc) is 2.47. The molecular formula is C16H18N2O4S. The highest BCUT2D eigenvalue weighted by atomic mass is 32.2. The number of sulfone groups is 1. The van der Waals surface area contributed by atoms with Crippen LogP contribution in [0.2, 0.25) is 0 Å². The zero-order valence-corrected chi connectivity index (χ0v) is 13.8. The molecule has 0 N–H and O–H groups in total. The first kappa shape index (κ1) is 17.1. The fourth-order valence-corrected chi connectivity index (χ4v) is 3.71. The van der Waals surface area contributed by atoms with Gasteiger partial charge in [0.2, 0.25) is 0 Å². The molecule has 122 valence electrons. The van der Waals surface area contributed by atoms with Gasteiger partial charge in [-0.1, -0.05) is 30.3 Å². The van der Waals surface area contributed by atoms with Gasteiger partial charge in [0.25, 0.3) is 5.56 Å². The molecule has 0 atom stereocenters. The lowest BCUT2D eigenvalue weighted by Gasteiger charge is -2.10. The number of rotatable bonds is 6. The molecule has 0 aliphatic heterocycles. The van der Waals surface area contributed by atoms with Crippen molar-refractivity contribution in [2.75, 3.05) is 0 Å². The molecule has 1 heterocycles. The van der Waals surface area contributed by atoms with Crippen molar-refractivity contribution in [2.24, 2.45) is 0 Å². The Labute approximate surface area is 134 Å². The van der Waals surface area contributed by atoms with Crippen molar-refractivity contribution in [1.82, 2.24) is 9.55 Å². The van der Waals surface area contributed by atoms with E-state index in [1.165, 1.54) is 17.7 Å². The average molecular weight is 334 g/mol. The second-order valence-electron chi connectivity index (χ2n) is 5.44. The lowest BCUT2D eigenvalue weighted by molar-refractivity contribution is -0.117. The van der Waals surface area contributed by atoms with E-state index in [1.807, 2.05) is 0 Å². The summed E-state index contributed by atoms with van der Waals surface area (Å²) in [5.41, 5.74) is 0.258. The number of hydrogen-bond donors (Lipinski definition) is 0. The minimum Gasteiger partial charge on any atom is -0.298 e. The van der Waals surface area contributed by atoms with Crippen molar-refractivity contribution in [3.05, 3.63) is 63.8 Å². The van der Waals surface area contributed by atoms with Gasteiger partial charge in [-0.05, 0) is 19.4 Å². The van der Waals surface area contributed by atoms with Crippen LogP contribution in [0.1, 0.15) is 23.9 Å². The van der Waals surface area contributed by atoms with Crippen LogP contribution in [0.15, 0.2) is 41.3 Å². The summed E-state index contributed by atoms with van der Waals surface area (Å²) in [6.45, 7) is 2.86. The second-order valence-corrected chi connectivity index (χ2v) is 7.51. The first-order chi connectivity index (χ1) is 10.8. The van der Waals surface area contributed by atoms with E-state index >= 15 is 0 Å². The number of Topliss-reactive ketones (excluding diaryl/α,β-unsaturated/α-hetero) is 1. The van der Waals surface area contributed by atoms with E-state index in [9.17, 15) is 18.0 Å². The highest BCUT2D eigenvalue weighted by molar-refractivity contribution is 7.89. The molecule has 2 rings (SSSR count). The number of aryl methyl sites for hydroxylation is 1. The third kappa shape index (κ3) is 4.59.